The van der Waals surface area contributed by atoms with Crippen LogP contribution in [0.15, 0.2) is 28.7 Å². The lowest BCUT2D eigenvalue weighted by molar-refractivity contribution is 0.0515. The second kappa shape index (κ2) is 6.92. The van der Waals surface area contributed by atoms with Crippen molar-refractivity contribution in [3.05, 3.63) is 28.7 Å². The molecule has 3 nitrogen and oxygen atoms in total. The van der Waals surface area contributed by atoms with Crippen molar-refractivity contribution in [3.63, 3.8) is 0 Å². The summed E-state index contributed by atoms with van der Waals surface area (Å²) in [5.41, 5.74) is 1.20. The molecular weight excluding hydrogens is 314 g/mol. The van der Waals surface area contributed by atoms with Gasteiger partial charge in [0.15, 0.2) is 0 Å². The largest absolute Gasteiger partial charge is 0.384 e. The van der Waals surface area contributed by atoms with Crippen LogP contribution < -0.4 is 5.32 Å². The van der Waals surface area contributed by atoms with Gasteiger partial charge in [-0.05, 0) is 37.6 Å². The summed E-state index contributed by atoms with van der Waals surface area (Å²) in [5, 5.41) is 3.52. The van der Waals surface area contributed by atoms with E-state index in [9.17, 15) is 0 Å². The minimum absolute atomic E-state index is 0.823. The number of anilines is 1. The Hall–Kier alpha value is -0.580. The zero-order valence-electron chi connectivity index (χ0n) is 12.0. The van der Waals surface area contributed by atoms with E-state index in [0.29, 0.717) is 0 Å². The van der Waals surface area contributed by atoms with E-state index in [4.69, 9.17) is 0 Å². The Morgan fingerprint density at radius 1 is 1.20 bits per heavy atom. The minimum Gasteiger partial charge on any atom is -0.384 e. The number of halogens is 1. The average molecular weight is 338 g/mol. The van der Waals surface area contributed by atoms with Crippen molar-refractivity contribution in [3.8, 4) is 0 Å². The predicted octanol–water partition coefficient (Wildman–Crippen LogP) is 3.03. The molecule has 0 aromatic heterocycles. The van der Waals surface area contributed by atoms with Gasteiger partial charge in [-0.3, -0.25) is 9.80 Å². The van der Waals surface area contributed by atoms with Crippen LogP contribution in [0.3, 0.4) is 0 Å². The van der Waals surface area contributed by atoms with Crippen LogP contribution in [-0.2, 0) is 0 Å². The van der Waals surface area contributed by atoms with E-state index in [2.05, 4.69) is 55.3 Å². The van der Waals surface area contributed by atoms with Gasteiger partial charge < -0.3 is 5.32 Å². The molecule has 0 amide bonds. The van der Waals surface area contributed by atoms with Gasteiger partial charge in [0.1, 0.15) is 0 Å². The Balaban J connectivity index is 1.42. The molecule has 1 aromatic carbocycles. The van der Waals surface area contributed by atoms with Crippen molar-refractivity contribution in [2.75, 3.05) is 44.6 Å². The van der Waals surface area contributed by atoms with Crippen LogP contribution in [-0.4, -0.2) is 55.1 Å². The van der Waals surface area contributed by atoms with E-state index in [1.807, 2.05) is 0 Å². The lowest BCUT2D eigenvalue weighted by Gasteiger charge is -2.44. The quantitative estimate of drug-likeness (QED) is 0.910. The molecule has 0 saturated carbocycles. The van der Waals surface area contributed by atoms with Gasteiger partial charge in [-0.15, -0.1) is 0 Å². The standard InChI is InChI=1S/C16H24BrN3/c17-14-4-3-5-15(12-14)18-7-9-19-10-11-20-8-2-1-6-16(20)13-19/h3-5,12,16,18H,1-2,6-11,13H2. The van der Waals surface area contributed by atoms with Gasteiger partial charge in [0.2, 0.25) is 0 Å². The number of rotatable bonds is 4. The summed E-state index contributed by atoms with van der Waals surface area (Å²) in [6.45, 7) is 7.27. The topological polar surface area (TPSA) is 18.5 Å². The molecule has 0 radical (unpaired) electrons. The highest BCUT2D eigenvalue weighted by Gasteiger charge is 2.28. The Bertz CT molecular complexity index is 437. The molecule has 0 bridgehead atoms. The Kier molecular flexibility index (Phi) is 4.97. The molecular formula is C16H24BrN3. The number of piperazine rings is 1. The molecule has 2 saturated heterocycles. The van der Waals surface area contributed by atoms with Crippen LogP contribution in [0.5, 0.6) is 0 Å². The first kappa shape index (κ1) is 14.4. The van der Waals surface area contributed by atoms with Gasteiger partial charge in [-0.2, -0.15) is 0 Å². The summed E-state index contributed by atoms with van der Waals surface area (Å²) >= 11 is 3.51. The lowest BCUT2D eigenvalue weighted by atomic mass is 9.99. The minimum atomic E-state index is 0.823. The summed E-state index contributed by atoms with van der Waals surface area (Å²) in [6, 6.07) is 9.23. The number of nitrogens with zero attached hydrogens (tertiary/aromatic N) is 2. The van der Waals surface area contributed by atoms with Crippen LogP contribution in [0.2, 0.25) is 0 Å². The third-order valence-corrected chi connectivity index (χ3v) is 5.00. The Morgan fingerprint density at radius 3 is 3.05 bits per heavy atom. The molecule has 0 spiro atoms. The fourth-order valence-corrected chi connectivity index (χ4v) is 3.78. The molecule has 1 atom stereocenters. The number of piperidine rings is 1. The molecule has 2 heterocycles. The van der Waals surface area contributed by atoms with Crippen molar-refractivity contribution in [2.24, 2.45) is 0 Å². The first-order chi connectivity index (χ1) is 9.81. The van der Waals surface area contributed by atoms with E-state index in [-0.39, 0.29) is 0 Å². The Morgan fingerprint density at radius 2 is 2.15 bits per heavy atom. The van der Waals surface area contributed by atoms with Crippen molar-refractivity contribution < 1.29 is 0 Å². The smallest absolute Gasteiger partial charge is 0.0351 e. The molecule has 0 aliphatic carbocycles. The van der Waals surface area contributed by atoms with Crippen molar-refractivity contribution in [1.29, 1.82) is 0 Å². The van der Waals surface area contributed by atoms with Gasteiger partial charge in [-0.1, -0.05) is 28.4 Å². The van der Waals surface area contributed by atoms with E-state index < -0.39 is 0 Å². The van der Waals surface area contributed by atoms with Crippen molar-refractivity contribution >= 4 is 21.6 Å². The third-order valence-electron chi connectivity index (χ3n) is 4.50. The van der Waals surface area contributed by atoms with E-state index >= 15 is 0 Å². The van der Waals surface area contributed by atoms with Gasteiger partial charge in [0.25, 0.3) is 0 Å². The normalized spacial score (nSPS) is 24.4. The zero-order chi connectivity index (χ0) is 13.8. The monoisotopic (exact) mass is 337 g/mol. The molecule has 2 fully saturated rings. The molecule has 1 N–H and O–H groups in total. The molecule has 20 heavy (non-hydrogen) atoms. The molecule has 110 valence electrons. The van der Waals surface area contributed by atoms with Crippen LogP contribution in [0.25, 0.3) is 0 Å². The van der Waals surface area contributed by atoms with Crippen molar-refractivity contribution in [1.82, 2.24) is 9.80 Å². The second-order valence-electron chi connectivity index (χ2n) is 5.92. The molecule has 1 unspecified atom stereocenters. The van der Waals surface area contributed by atoms with Gasteiger partial charge in [0.05, 0.1) is 0 Å². The fourth-order valence-electron chi connectivity index (χ4n) is 3.38. The van der Waals surface area contributed by atoms with Crippen molar-refractivity contribution in [2.45, 2.75) is 25.3 Å². The fraction of sp³-hybridized carbons (Fsp3) is 0.625. The number of benzene rings is 1. The predicted molar refractivity (Wildman–Crippen MR) is 88.3 cm³/mol. The Labute approximate surface area is 130 Å². The number of nitrogens with one attached hydrogen (secondary N) is 1. The summed E-state index contributed by atoms with van der Waals surface area (Å²) in [6.07, 6.45) is 4.22. The first-order valence-electron chi connectivity index (χ1n) is 7.77. The molecule has 4 heteroatoms. The zero-order valence-corrected chi connectivity index (χ0v) is 13.6. The molecule has 2 aliphatic rings. The van der Waals surface area contributed by atoms with E-state index in [1.54, 1.807) is 0 Å². The number of fused-ring (bicyclic) bond motifs is 1. The van der Waals surface area contributed by atoms with Crippen LogP contribution >= 0.6 is 15.9 Å². The summed E-state index contributed by atoms with van der Waals surface area (Å²) < 4.78 is 1.14. The van der Waals surface area contributed by atoms with Crippen LogP contribution in [0.1, 0.15) is 19.3 Å². The third kappa shape index (κ3) is 3.74. The maximum Gasteiger partial charge on any atom is 0.0351 e. The SMILES string of the molecule is Brc1cccc(NCCN2CCN3CCCCC3C2)c1. The highest BCUT2D eigenvalue weighted by Crippen LogP contribution is 2.21. The van der Waals surface area contributed by atoms with E-state index in [0.717, 1.165) is 23.6 Å². The highest BCUT2D eigenvalue weighted by atomic mass is 79.9. The maximum atomic E-state index is 3.52. The molecule has 2 aliphatic heterocycles. The van der Waals surface area contributed by atoms with Gasteiger partial charge in [-0.25, -0.2) is 0 Å². The van der Waals surface area contributed by atoms with Crippen LogP contribution in [0, 0.1) is 0 Å². The number of hydrogen-bond acceptors (Lipinski definition) is 3. The highest BCUT2D eigenvalue weighted by molar-refractivity contribution is 9.10. The molecule has 1 aromatic rings. The lowest BCUT2D eigenvalue weighted by Crippen LogP contribution is -2.55. The summed E-state index contributed by atoms with van der Waals surface area (Å²) in [5.74, 6) is 0. The van der Waals surface area contributed by atoms with Gasteiger partial charge >= 0.3 is 0 Å². The second-order valence-corrected chi connectivity index (χ2v) is 6.84. The first-order valence-corrected chi connectivity index (χ1v) is 8.56. The average Bonchev–Trinajstić information content (AvgIpc) is 2.47. The summed E-state index contributed by atoms with van der Waals surface area (Å²) in [4.78, 5) is 5.32. The molecule has 3 rings (SSSR count). The summed E-state index contributed by atoms with van der Waals surface area (Å²) in [7, 11) is 0. The van der Waals surface area contributed by atoms with E-state index in [1.165, 1.54) is 51.1 Å². The van der Waals surface area contributed by atoms with Gasteiger partial charge in [0, 0.05) is 48.9 Å². The van der Waals surface area contributed by atoms with Crippen LogP contribution in [0.4, 0.5) is 5.69 Å². The maximum absolute atomic E-state index is 3.52. The number of hydrogen-bond donors (Lipinski definition) is 1.